The second-order valence-corrected chi connectivity index (χ2v) is 13.0. The van der Waals surface area contributed by atoms with Crippen molar-refractivity contribution in [3.8, 4) is 16.4 Å². The molecule has 4 rings (SSSR count). The zero-order chi connectivity index (χ0) is 26.6. The summed E-state index contributed by atoms with van der Waals surface area (Å²) in [4.78, 5) is 31.0. The topological polar surface area (TPSA) is 71.3 Å². The summed E-state index contributed by atoms with van der Waals surface area (Å²) in [5.41, 5.74) is 1.18. The molecule has 1 aliphatic heterocycles. The first-order valence-corrected chi connectivity index (χ1v) is 14.7. The number of carbonyl (C=O) groups is 2. The average Bonchev–Trinajstić information content (AvgIpc) is 3.51. The van der Waals surface area contributed by atoms with Gasteiger partial charge in [-0.3, -0.25) is 14.2 Å². The lowest BCUT2D eigenvalue weighted by Gasteiger charge is -2.40. The number of piperazine rings is 1. The smallest absolute Gasteiger partial charge is 0.233 e. The van der Waals surface area contributed by atoms with Gasteiger partial charge in [0.05, 0.1) is 10.6 Å². The van der Waals surface area contributed by atoms with Crippen LogP contribution >= 0.6 is 23.1 Å². The third kappa shape index (κ3) is 7.02. The third-order valence-corrected chi connectivity index (χ3v) is 8.28. The summed E-state index contributed by atoms with van der Waals surface area (Å²) >= 11 is 3.02. The fourth-order valence-corrected chi connectivity index (χ4v) is 6.60. The number of benzene rings is 1. The van der Waals surface area contributed by atoms with Crippen LogP contribution in [0.4, 0.5) is 0 Å². The van der Waals surface area contributed by atoms with Gasteiger partial charge in [0.2, 0.25) is 11.8 Å². The van der Waals surface area contributed by atoms with Gasteiger partial charge >= 0.3 is 0 Å². The highest BCUT2D eigenvalue weighted by atomic mass is 32.2. The van der Waals surface area contributed by atoms with Crippen molar-refractivity contribution in [1.82, 2.24) is 24.6 Å². The molecule has 2 aromatic heterocycles. The normalized spacial score (nSPS) is 17.2. The van der Waals surface area contributed by atoms with Crippen molar-refractivity contribution in [3.63, 3.8) is 0 Å². The number of para-hydroxylation sites is 1. The summed E-state index contributed by atoms with van der Waals surface area (Å²) in [7, 11) is 0. The molecule has 0 N–H and O–H groups in total. The van der Waals surface area contributed by atoms with Crippen LogP contribution in [0.25, 0.3) is 16.4 Å². The number of hydrogen-bond acceptors (Lipinski definition) is 6. The summed E-state index contributed by atoms with van der Waals surface area (Å²) in [6.45, 7) is 12.5. The lowest BCUT2D eigenvalue weighted by atomic mass is 9.84. The number of aromatic nitrogens is 3. The van der Waals surface area contributed by atoms with Gasteiger partial charge in [0.15, 0.2) is 11.0 Å². The second-order valence-electron chi connectivity index (χ2n) is 11.1. The first kappa shape index (κ1) is 27.4. The van der Waals surface area contributed by atoms with Crippen LogP contribution in [0.15, 0.2) is 53.0 Å². The lowest BCUT2D eigenvalue weighted by molar-refractivity contribution is -0.142. The molecule has 3 aromatic rings. The van der Waals surface area contributed by atoms with E-state index in [4.69, 9.17) is 0 Å². The predicted octanol–water partition coefficient (Wildman–Crippen LogP) is 5.61. The Hall–Kier alpha value is -2.65. The van der Waals surface area contributed by atoms with E-state index in [2.05, 4.69) is 37.9 Å². The van der Waals surface area contributed by atoms with E-state index in [1.807, 2.05) is 69.1 Å². The van der Waals surface area contributed by atoms with Gasteiger partial charge in [0, 0.05) is 37.8 Å². The highest BCUT2D eigenvalue weighted by Gasteiger charge is 2.31. The largest absolute Gasteiger partial charge is 0.338 e. The Morgan fingerprint density at radius 2 is 1.84 bits per heavy atom. The summed E-state index contributed by atoms with van der Waals surface area (Å²) < 4.78 is 2.02. The van der Waals surface area contributed by atoms with Crippen LogP contribution in [0, 0.1) is 11.3 Å². The standard InChI is InChI=1S/C28H37N5O2S2/c1-20(17-28(3,4)5)16-24(34)32-14-13-31(18-21(32)2)25(35)19-37-27-30-29-26(23-12-9-15-36-23)33(27)22-10-7-6-8-11-22/h6-12,15,20-21H,13-14,16-19H2,1-5H3. The monoisotopic (exact) mass is 539 g/mol. The van der Waals surface area contributed by atoms with Crippen molar-refractivity contribution < 1.29 is 9.59 Å². The van der Waals surface area contributed by atoms with Crippen LogP contribution < -0.4 is 0 Å². The molecule has 0 saturated carbocycles. The van der Waals surface area contributed by atoms with E-state index in [-0.39, 0.29) is 29.0 Å². The number of carbonyl (C=O) groups excluding carboxylic acids is 2. The molecule has 7 nitrogen and oxygen atoms in total. The van der Waals surface area contributed by atoms with Crippen molar-refractivity contribution in [2.24, 2.45) is 11.3 Å². The molecule has 3 heterocycles. The lowest BCUT2D eigenvalue weighted by Crippen LogP contribution is -2.56. The first-order chi connectivity index (χ1) is 17.6. The van der Waals surface area contributed by atoms with E-state index < -0.39 is 0 Å². The van der Waals surface area contributed by atoms with E-state index in [1.54, 1.807) is 11.3 Å². The zero-order valence-electron chi connectivity index (χ0n) is 22.4. The zero-order valence-corrected chi connectivity index (χ0v) is 24.0. The van der Waals surface area contributed by atoms with Crippen molar-refractivity contribution >= 4 is 34.9 Å². The van der Waals surface area contributed by atoms with E-state index in [0.29, 0.717) is 37.1 Å². The Morgan fingerprint density at radius 1 is 1.08 bits per heavy atom. The van der Waals surface area contributed by atoms with E-state index in [1.165, 1.54) is 11.8 Å². The van der Waals surface area contributed by atoms with E-state index in [9.17, 15) is 9.59 Å². The molecule has 2 unspecified atom stereocenters. The molecule has 1 aliphatic rings. The molecule has 198 valence electrons. The SMILES string of the molecule is CC(CC(=O)N1CCN(C(=O)CSc2nnc(-c3cccs3)n2-c2ccccc2)CC1C)CC(C)(C)C. The van der Waals surface area contributed by atoms with Crippen LogP contribution in [0.2, 0.25) is 0 Å². The Labute approximate surface area is 228 Å². The maximum Gasteiger partial charge on any atom is 0.233 e. The van der Waals surface area contributed by atoms with Gasteiger partial charge in [0.1, 0.15) is 0 Å². The van der Waals surface area contributed by atoms with E-state index in [0.717, 1.165) is 22.8 Å². The predicted molar refractivity (Wildman–Crippen MR) is 151 cm³/mol. The minimum Gasteiger partial charge on any atom is -0.338 e. The summed E-state index contributed by atoms with van der Waals surface area (Å²) in [6, 6.07) is 14.0. The van der Waals surface area contributed by atoms with Gasteiger partial charge in [-0.05, 0) is 48.3 Å². The highest BCUT2D eigenvalue weighted by Crippen LogP contribution is 2.31. The number of hydrogen-bond donors (Lipinski definition) is 0. The molecule has 2 atom stereocenters. The minimum absolute atomic E-state index is 0.00967. The van der Waals surface area contributed by atoms with E-state index >= 15 is 0 Å². The molecule has 1 aromatic carbocycles. The van der Waals surface area contributed by atoms with Gasteiger partial charge in [-0.1, -0.05) is 63.7 Å². The quantitative estimate of drug-likeness (QED) is 0.348. The number of rotatable bonds is 8. The Bertz CT molecular complexity index is 1190. The van der Waals surface area contributed by atoms with Gasteiger partial charge in [-0.2, -0.15) is 0 Å². The molecule has 1 saturated heterocycles. The highest BCUT2D eigenvalue weighted by molar-refractivity contribution is 7.99. The summed E-state index contributed by atoms with van der Waals surface area (Å²) in [5, 5.41) is 11.6. The maximum absolute atomic E-state index is 13.2. The maximum atomic E-state index is 13.2. The fourth-order valence-electron chi connectivity index (χ4n) is 5.04. The average molecular weight is 540 g/mol. The first-order valence-electron chi connectivity index (χ1n) is 12.9. The molecule has 2 amide bonds. The number of thioether (sulfide) groups is 1. The molecule has 1 fully saturated rings. The Balaban J connectivity index is 1.37. The fraction of sp³-hybridized carbons (Fsp3) is 0.500. The summed E-state index contributed by atoms with van der Waals surface area (Å²) in [5.74, 6) is 1.65. The Kier molecular flexibility index (Phi) is 8.75. The number of amides is 2. The van der Waals surface area contributed by atoms with Crippen LogP contribution in [0.5, 0.6) is 0 Å². The van der Waals surface area contributed by atoms with Crippen molar-refractivity contribution in [2.75, 3.05) is 25.4 Å². The molecule has 9 heteroatoms. The van der Waals surface area contributed by atoms with Gasteiger partial charge in [-0.25, -0.2) is 0 Å². The van der Waals surface area contributed by atoms with Crippen molar-refractivity contribution in [2.45, 2.75) is 58.7 Å². The van der Waals surface area contributed by atoms with Crippen molar-refractivity contribution in [1.29, 1.82) is 0 Å². The number of thiophene rings is 1. The minimum atomic E-state index is 0.00967. The molecule has 37 heavy (non-hydrogen) atoms. The van der Waals surface area contributed by atoms with Gasteiger partial charge in [0.25, 0.3) is 0 Å². The third-order valence-electron chi connectivity index (χ3n) is 6.50. The molecular weight excluding hydrogens is 502 g/mol. The molecule has 0 radical (unpaired) electrons. The van der Waals surface area contributed by atoms with Crippen LogP contribution in [0.1, 0.15) is 47.5 Å². The van der Waals surface area contributed by atoms with Crippen LogP contribution in [-0.4, -0.2) is 67.8 Å². The van der Waals surface area contributed by atoms with Crippen LogP contribution in [0.3, 0.4) is 0 Å². The molecular formula is C28H37N5O2S2. The number of nitrogens with zero attached hydrogens (tertiary/aromatic N) is 5. The second kappa shape index (κ2) is 11.8. The van der Waals surface area contributed by atoms with Crippen LogP contribution in [-0.2, 0) is 9.59 Å². The van der Waals surface area contributed by atoms with Crippen molar-refractivity contribution in [3.05, 3.63) is 47.8 Å². The van der Waals surface area contributed by atoms with Gasteiger partial charge in [-0.15, -0.1) is 21.5 Å². The summed E-state index contributed by atoms with van der Waals surface area (Å²) in [6.07, 6.45) is 1.58. The molecule has 0 aliphatic carbocycles. The Morgan fingerprint density at radius 3 is 2.49 bits per heavy atom. The van der Waals surface area contributed by atoms with Gasteiger partial charge < -0.3 is 9.80 Å². The molecule has 0 bridgehead atoms. The molecule has 0 spiro atoms.